The normalized spacial score (nSPS) is 21.0. The van der Waals surface area contributed by atoms with Crippen LogP contribution in [0.1, 0.15) is 65.5 Å². The second-order valence-electron chi connectivity index (χ2n) is 18.2. The zero-order chi connectivity index (χ0) is 50.9. The molecule has 2 fully saturated rings. The molecule has 2 aromatic carbocycles. The number of amides is 2. The first-order chi connectivity index (χ1) is 35.0. The quantitative estimate of drug-likeness (QED) is 0.0654. The summed E-state index contributed by atoms with van der Waals surface area (Å²) in [6.45, 7) is 10.2. The summed E-state index contributed by atoms with van der Waals surface area (Å²) in [5, 5.41) is 21.5. The molecule has 5 N–H and O–H groups in total. The maximum atomic E-state index is 13.6. The Morgan fingerprint density at radius 1 is 0.833 bits per heavy atom. The van der Waals surface area contributed by atoms with Gasteiger partial charge in [-0.25, -0.2) is 14.6 Å². The van der Waals surface area contributed by atoms with E-state index in [0.29, 0.717) is 117 Å². The molecule has 3 aromatic rings. The number of ether oxygens (including phenoxy) is 5. The Balaban J connectivity index is 0.949. The van der Waals surface area contributed by atoms with Crippen molar-refractivity contribution in [3.8, 4) is 0 Å². The van der Waals surface area contributed by atoms with Gasteiger partial charge >= 0.3 is 11.9 Å². The summed E-state index contributed by atoms with van der Waals surface area (Å²) in [5.41, 5.74) is 9.91. The van der Waals surface area contributed by atoms with Crippen LogP contribution in [0.4, 0.5) is 5.69 Å². The summed E-state index contributed by atoms with van der Waals surface area (Å²) in [4.78, 5) is 59.7. The zero-order valence-corrected chi connectivity index (χ0v) is 42.3. The fourth-order valence-corrected chi connectivity index (χ4v) is 9.84. The number of fused-ring (bicyclic) bond motifs is 3. The monoisotopic (exact) mass is 1010 g/mol. The van der Waals surface area contributed by atoms with E-state index >= 15 is 0 Å². The minimum atomic E-state index is -1.16. The lowest BCUT2D eigenvalue weighted by molar-refractivity contribution is -0.132. The molecule has 72 heavy (non-hydrogen) atoms. The number of nitrogens with zero attached hydrogens (tertiary/aromatic N) is 4. The second kappa shape index (κ2) is 30.6. The number of aromatic nitrogens is 1. The highest BCUT2D eigenvalue weighted by molar-refractivity contribution is 7.99. The number of thioether (sulfide) groups is 1. The Morgan fingerprint density at radius 2 is 1.51 bits per heavy atom. The highest BCUT2D eigenvalue weighted by atomic mass is 32.2. The van der Waals surface area contributed by atoms with Gasteiger partial charge in [0.1, 0.15) is 11.4 Å². The molecule has 18 heteroatoms. The first-order valence-corrected chi connectivity index (χ1v) is 26.1. The molecule has 4 unspecified atom stereocenters. The van der Waals surface area contributed by atoms with E-state index in [1.54, 1.807) is 17.0 Å². The molecule has 0 radical (unpaired) electrons. The molecule has 390 valence electrons. The predicted octanol–water partition coefficient (Wildman–Crippen LogP) is 5.59. The molecule has 0 spiro atoms. The van der Waals surface area contributed by atoms with Crippen LogP contribution >= 0.6 is 11.8 Å². The predicted molar refractivity (Wildman–Crippen MR) is 278 cm³/mol. The number of rotatable bonds is 19. The van der Waals surface area contributed by atoms with E-state index in [0.717, 1.165) is 46.7 Å². The number of pyridine rings is 1. The van der Waals surface area contributed by atoms with Gasteiger partial charge in [-0.05, 0) is 71.4 Å². The maximum absolute atomic E-state index is 13.6. The van der Waals surface area contributed by atoms with Crippen LogP contribution in [0.5, 0.6) is 0 Å². The van der Waals surface area contributed by atoms with Gasteiger partial charge in [0, 0.05) is 64.4 Å². The summed E-state index contributed by atoms with van der Waals surface area (Å²) in [6.07, 6.45) is 10.8. The highest BCUT2D eigenvalue weighted by Gasteiger charge is 2.36. The van der Waals surface area contributed by atoms with E-state index in [1.165, 1.54) is 12.1 Å². The number of allylic oxidation sites excluding steroid dienone is 2. The molecule has 1 aliphatic carbocycles. The smallest absolute Gasteiger partial charge is 0.354 e. The third kappa shape index (κ3) is 19.2. The average Bonchev–Trinajstić information content (AvgIpc) is 3.75. The van der Waals surface area contributed by atoms with E-state index in [1.807, 2.05) is 78.5 Å². The first-order valence-electron chi connectivity index (χ1n) is 25.0. The number of carbonyl (C=O) groups is 4. The molecule has 4 atom stereocenters. The van der Waals surface area contributed by atoms with Crippen molar-refractivity contribution in [3.63, 3.8) is 0 Å². The van der Waals surface area contributed by atoms with Crippen LogP contribution in [0, 0.1) is 11.8 Å². The number of carboxylic acid groups (broad SMARTS) is 2. The lowest BCUT2D eigenvalue weighted by atomic mass is 10.0. The van der Waals surface area contributed by atoms with Gasteiger partial charge in [-0.15, -0.1) is 0 Å². The van der Waals surface area contributed by atoms with Crippen LogP contribution in [0.15, 0.2) is 90.7 Å². The minimum absolute atomic E-state index is 0.00371. The van der Waals surface area contributed by atoms with Crippen LogP contribution in [0.25, 0.3) is 12.2 Å². The Bertz CT molecular complexity index is 2300. The number of aromatic carboxylic acids is 1. The van der Waals surface area contributed by atoms with Gasteiger partial charge in [0.15, 0.2) is 0 Å². The molecule has 2 amide bonds. The summed E-state index contributed by atoms with van der Waals surface area (Å²) in [5.74, 6) is -0.328. The standard InChI is InChI=1S/C54H72N6O11S/c1-40(8-6-13-46(55)53(63)64)36-58-21-26-68-30-31-69-27-22-59(38-45-12-7-14-47(57-45)54(65)66)24-29-71-50-35-41(34-49(50)70-28-23-58)39-72-33-32-67-25-20-56-51(61)18-19-52(62)60-37-44-11-3-2-9-42(44)16-17-43-10-4-5-15-48(43)60/h2-17,40-41,49-50H,18-39,55H2,1H3,(H,56,61)(H,63,64)(H,65,66)/b8-6-,17-16-,46-13-. The molecule has 0 bridgehead atoms. The van der Waals surface area contributed by atoms with Crippen molar-refractivity contribution in [2.45, 2.75) is 57.9 Å². The van der Waals surface area contributed by atoms with Crippen molar-refractivity contribution in [2.24, 2.45) is 17.6 Å². The lowest BCUT2D eigenvalue weighted by Gasteiger charge is -2.27. The molecule has 3 aliphatic rings. The van der Waals surface area contributed by atoms with E-state index in [2.05, 4.69) is 33.1 Å². The van der Waals surface area contributed by atoms with Gasteiger partial charge in [0.2, 0.25) is 11.8 Å². The van der Waals surface area contributed by atoms with Gasteiger partial charge < -0.3 is 49.8 Å². The van der Waals surface area contributed by atoms with E-state index in [-0.39, 0.29) is 54.2 Å². The molecule has 2 aliphatic heterocycles. The number of nitrogens with one attached hydrogen (secondary N) is 1. The van der Waals surface area contributed by atoms with E-state index in [9.17, 15) is 24.3 Å². The Hall–Kier alpha value is -5.44. The maximum Gasteiger partial charge on any atom is 0.354 e. The minimum Gasteiger partial charge on any atom is -0.477 e. The Labute approximate surface area is 427 Å². The summed E-state index contributed by atoms with van der Waals surface area (Å²) >= 11 is 1.83. The fraction of sp³-hybridized carbons (Fsp3) is 0.500. The van der Waals surface area contributed by atoms with Crippen LogP contribution in [-0.4, -0.2) is 165 Å². The molecule has 1 aromatic heterocycles. The number of nitrogens with two attached hydrogens (primary N) is 1. The Morgan fingerprint density at radius 3 is 2.26 bits per heavy atom. The van der Waals surface area contributed by atoms with E-state index < -0.39 is 11.9 Å². The number of carbonyl (C=O) groups excluding carboxylic acids is 2. The first kappa shape index (κ1) is 55.9. The third-order valence-corrected chi connectivity index (χ3v) is 13.8. The zero-order valence-electron chi connectivity index (χ0n) is 41.4. The van der Waals surface area contributed by atoms with Crippen LogP contribution < -0.4 is 16.0 Å². The molecular formula is C54H72N6O11S. The van der Waals surface area contributed by atoms with Crippen molar-refractivity contribution >= 4 is 53.4 Å². The van der Waals surface area contributed by atoms with Crippen molar-refractivity contribution in [1.82, 2.24) is 20.1 Å². The van der Waals surface area contributed by atoms with Crippen molar-refractivity contribution in [2.75, 3.05) is 109 Å². The molecule has 3 heterocycles. The number of carboxylic acids is 2. The summed E-state index contributed by atoms with van der Waals surface area (Å²) in [7, 11) is 0. The average molecular weight is 1010 g/mol. The van der Waals surface area contributed by atoms with Crippen molar-refractivity contribution < 1.29 is 53.1 Å². The lowest BCUT2D eigenvalue weighted by Crippen LogP contribution is -2.37. The molecule has 1 saturated carbocycles. The molecular weight excluding hydrogens is 941 g/mol. The van der Waals surface area contributed by atoms with Crippen molar-refractivity contribution in [3.05, 3.63) is 119 Å². The SMILES string of the molecule is CC(/C=C\C=C(/N)C(=O)O)CN1CCOCCOCCN(Cc2cccc(C(=O)O)n2)CCOC2CC(CSCCOCCNC(=O)CCC(=O)N3Cc4ccccc4/C=C\c4ccccc43)CC2OCC1. The number of aliphatic carboxylic acids is 1. The van der Waals surface area contributed by atoms with Gasteiger partial charge in [-0.3, -0.25) is 19.4 Å². The summed E-state index contributed by atoms with van der Waals surface area (Å²) < 4.78 is 31.0. The number of para-hydroxylation sites is 1. The molecule has 1 saturated heterocycles. The number of benzene rings is 2. The number of hydrogen-bond acceptors (Lipinski definition) is 14. The molecule has 6 rings (SSSR count). The topological polar surface area (TPSA) is 216 Å². The van der Waals surface area contributed by atoms with Gasteiger partial charge in [0.25, 0.3) is 0 Å². The van der Waals surface area contributed by atoms with Crippen LogP contribution in [-0.2, 0) is 51.2 Å². The van der Waals surface area contributed by atoms with Crippen LogP contribution in [0.3, 0.4) is 0 Å². The number of anilines is 1. The van der Waals surface area contributed by atoms with Gasteiger partial charge in [-0.1, -0.05) is 79.8 Å². The highest BCUT2D eigenvalue weighted by Crippen LogP contribution is 2.33. The van der Waals surface area contributed by atoms with Crippen LogP contribution in [0.2, 0.25) is 0 Å². The number of hydrogen-bond donors (Lipinski definition) is 4. The summed E-state index contributed by atoms with van der Waals surface area (Å²) in [6, 6.07) is 20.9. The third-order valence-electron chi connectivity index (χ3n) is 12.6. The van der Waals surface area contributed by atoms with Crippen molar-refractivity contribution in [1.29, 1.82) is 0 Å². The largest absolute Gasteiger partial charge is 0.477 e. The van der Waals surface area contributed by atoms with Gasteiger partial charge in [-0.2, -0.15) is 11.8 Å². The second-order valence-corrected chi connectivity index (χ2v) is 19.3. The fourth-order valence-electron chi connectivity index (χ4n) is 8.84. The Kier molecular flexibility index (Phi) is 23.7. The van der Waals surface area contributed by atoms with E-state index in [4.69, 9.17) is 34.5 Å². The van der Waals surface area contributed by atoms with Gasteiger partial charge in [0.05, 0.1) is 83.0 Å². The molecule has 17 nitrogen and oxygen atoms in total.